The SMILES string of the molecule is Nc1ccc(Oc2ccccc2)c(OCC2COC2)c1. The summed E-state index contributed by atoms with van der Waals surface area (Å²) in [6, 6.07) is 15.0. The molecule has 0 spiro atoms. The van der Waals surface area contributed by atoms with Gasteiger partial charge in [-0.25, -0.2) is 0 Å². The first-order chi connectivity index (χ1) is 9.81. The summed E-state index contributed by atoms with van der Waals surface area (Å²) in [5.41, 5.74) is 6.47. The van der Waals surface area contributed by atoms with Gasteiger partial charge >= 0.3 is 0 Å². The fraction of sp³-hybridized carbons (Fsp3) is 0.250. The van der Waals surface area contributed by atoms with Crippen LogP contribution in [0.1, 0.15) is 0 Å². The highest BCUT2D eigenvalue weighted by molar-refractivity contribution is 5.53. The second-order valence-corrected chi connectivity index (χ2v) is 4.84. The molecule has 4 nitrogen and oxygen atoms in total. The Balaban J connectivity index is 1.74. The first-order valence-electron chi connectivity index (χ1n) is 6.64. The van der Waals surface area contributed by atoms with Crippen LogP contribution in [0.2, 0.25) is 0 Å². The Bertz CT molecular complexity index is 567. The molecule has 0 saturated carbocycles. The smallest absolute Gasteiger partial charge is 0.169 e. The van der Waals surface area contributed by atoms with Gasteiger partial charge in [0, 0.05) is 17.7 Å². The van der Waals surface area contributed by atoms with Crippen molar-refractivity contribution in [1.29, 1.82) is 0 Å². The Hall–Kier alpha value is -2.20. The van der Waals surface area contributed by atoms with Crippen LogP contribution in [0.4, 0.5) is 5.69 Å². The van der Waals surface area contributed by atoms with E-state index in [1.54, 1.807) is 12.1 Å². The quantitative estimate of drug-likeness (QED) is 0.849. The van der Waals surface area contributed by atoms with Gasteiger partial charge in [-0.2, -0.15) is 0 Å². The van der Waals surface area contributed by atoms with Crippen LogP contribution in [0.3, 0.4) is 0 Å². The third-order valence-electron chi connectivity index (χ3n) is 3.12. The minimum Gasteiger partial charge on any atom is -0.489 e. The van der Waals surface area contributed by atoms with Crippen LogP contribution in [0, 0.1) is 5.92 Å². The van der Waals surface area contributed by atoms with Gasteiger partial charge in [-0.05, 0) is 24.3 Å². The highest BCUT2D eigenvalue weighted by Crippen LogP contribution is 2.33. The van der Waals surface area contributed by atoms with Crippen LogP contribution in [0.5, 0.6) is 17.2 Å². The number of ether oxygens (including phenoxy) is 3. The molecule has 2 N–H and O–H groups in total. The summed E-state index contributed by atoms with van der Waals surface area (Å²) in [5, 5.41) is 0. The summed E-state index contributed by atoms with van der Waals surface area (Å²) in [7, 11) is 0. The lowest BCUT2D eigenvalue weighted by atomic mass is 10.1. The molecule has 4 heteroatoms. The molecule has 0 aromatic heterocycles. The topological polar surface area (TPSA) is 53.7 Å². The molecule has 0 amide bonds. The molecule has 2 aromatic carbocycles. The van der Waals surface area contributed by atoms with E-state index in [1.807, 2.05) is 36.4 Å². The first kappa shape index (κ1) is 12.8. The van der Waals surface area contributed by atoms with E-state index in [4.69, 9.17) is 19.9 Å². The summed E-state index contributed by atoms with van der Waals surface area (Å²) in [6.07, 6.45) is 0. The van der Waals surface area contributed by atoms with Crippen LogP contribution < -0.4 is 15.2 Å². The summed E-state index contributed by atoms with van der Waals surface area (Å²) >= 11 is 0. The van der Waals surface area contributed by atoms with Crippen molar-refractivity contribution >= 4 is 5.69 Å². The van der Waals surface area contributed by atoms with Crippen LogP contribution in [0.25, 0.3) is 0 Å². The molecule has 1 aliphatic heterocycles. The standard InChI is InChI=1S/C16H17NO3/c17-13-6-7-15(20-14-4-2-1-3-5-14)16(8-13)19-11-12-9-18-10-12/h1-8,12H,9-11,17H2. The lowest BCUT2D eigenvalue weighted by Crippen LogP contribution is -2.32. The van der Waals surface area contributed by atoms with Gasteiger partial charge in [0.15, 0.2) is 11.5 Å². The van der Waals surface area contributed by atoms with E-state index in [2.05, 4.69) is 0 Å². The van der Waals surface area contributed by atoms with E-state index in [9.17, 15) is 0 Å². The molecule has 3 rings (SSSR count). The fourth-order valence-electron chi connectivity index (χ4n) is 1.93. The lowest BCUT2D eigenvalue weighted by Gasteiger charge is -2.26. The summed E-state index contributed by atoms with van der Waals surface area (Å²) in [5.74, 6) is 2.57. The highest BCUT2D eigenvalue weighted by atomic mass is 16.5. The molecular weight excluding hydrogens is 254 g/mol. The largest absolute Gasteiger partial charge is 0.489 e. The van der Waals surface area contributed by atoms with Crippen molar-refractivity contribution in [1.82, 2.24) is 0 Å². The van der Waals surface area contributed by atoms with Gasteiger partial charge in [0.05, 0.1) is 19.8 Å². The zero-order valence-electron chi connectivity index (χ0n) is 11.1. The van der Waals surface area contributed by atoms with E-state index >= 15 is 0 Å². The number of anilines is 1. The zero-order valence-corrected chi connectivity index (χ0v) is 11.1. The van der Waals surface area contributed by atoms with E-state index in [0.29, 0.717) is 29.7 Å². The summed E-state index contributed by atoms with van der Waals surface area (Å²) in [4.78, 5) is 0. The molecular formula is C16H17NO3. The Morgan fingerprint density at radius 2 is 1.85 bits per heavy atom. The first-order valence-corrected chi connectivity index (χ1v) is 6.64. The maximum absolute atomic E-state index is 5.84. The fourth-order valence-corrected chi connectivity index (χ4v) is 1.93. The molecule has 1 aliphatic rings. The van der Waals surface area contributed by atoms with Crippen molar-refractivity contribution in [3.63, 3.8) is 0 Å². The normalized spacial score (nSPS) is 14.6. The van der Waals surface area contributed by atoms with E-state index in [0.717, 1.165) is 19.0 Å². The number of benzene rings is 2. The number of nitrogen functional groups attached to an aromatic ring is 1. The van der Waals surface area contributed by atoms with Crippen LogP contribution >= 0.6 is 0 Å². The maximum Gasteiger partial charge on any atom is 0.169 e. The second kappa shape index (κ2) is 5.84. The average molecular weight is 271 g/mol. The number of rotatable bonds is 5. The maximum atomic E-state index is 5.84. The zero-order chi connectivity index (χ0) is 13.8. The minimum absolute atomic E-state index is 0.459. The summed E-state index contributed by atoms with van der Waals surface area (Å²) < 4.78 is 16.8. The van der Waals surface area contributed by atoms with Gasteiger partial charge in [0.25, 0.3) is 0 Å². The molecule has 0 bridgehead atoms. The van der Waals surface area contributed by atoms with Gasteiger partial charge in [-0.3, -0.25) is 0 Å². The monoisotopic (exact) mass is 271 g/mol. The molecule has 0 aliphatic carbocycles. The molecule has 20 heavy (non-hydrogen) atoms. The predicted molar refractivity (Wildman–Crippen MR) is 77.2 cm³/mol. The van der Waals surface area contributed by atoms with Crippen molar-refractivity contribution in [3.8, 4) is 17.2 Å². The van der Waals surface area contributed by atoms with Gasteiger partial charge in [0.2, 0.25) is 0 Å². The third kappa shape index (κ3) is 3.03. The number of para-hydroxylation sites is 1. The summed E-state index contributed by atoms with van der Waals surface area (Å²) in [6.45, 7) is 2.14. The number of hydrogen-bond donors (Lipinski definition) is 1. The van der Waals surface area contributed by atoms with Crippen molar-refractivity contribution in [2.75, 3.05) is 25.6 Å². The van der Waals surface area contributed by atoms with Crippen LogP contribution in [-0.2, 0) is 4.74 Å². The molecule has 0 atom stereocenters. The van der Waals surface area contributed by atoms with E-state index in [1.165, 1.54) is 0 Å². The molecule has 1 fully saturated rings. The molecule has 104 valence electrons. The predicted octanol–water partition coefficient (Wildman–Crippen LogP) is 3.09. The lowest BCUT2D eigenvalue weighted by molar-refractivity contribution is -0.0510. The second-order valence-electron chi connectivity index (χ2n) is 4.84. The van der Waals surface area contributed by atoms with E-state index in [-0.39, 0.29) is 0 Å². The Morgan fingerprint density at radius 1 is 1.05 bits per heavy atom. The van der Waals surface area contributed by atoms with Crippen molar-refractivity contribution in [2.45, 2.75) is 0 Å². The highest BCUT2D eigenvalue weighted by Gasteiger charge is 2.20. The van der Waals surface area contributed by atoms with Crippen molar-refractivity contribution in [3.05, 3.63) is 48.5 Å². The van der Waals surface area contributed by atoms with Crippen molar-refractivity contribution in [2.24, 2.45) is 5.92 Å². The van der Waals surface area contributed by atoms with Crippen molar-refractivity contribution < 1.29 is 14.2 Å². The third-order valence-corrected chi connectivity index (χ3v) is 3.12. The van der Waals surface area contributed by atoms with Crippen LogP contribution in [-0.4, -0.2) is 19.8 Å². The number of nitrogens with two attached hydrogens (primary N) is 1. The number of hydrogen-bond acceptors (Lipinski definition) is 4. The van der Waals surface area contributed by atoms with E-state index < -0.39 is 0 Å². The van der Waals surface area contributed by atoms with Crippen LogP contribution in [0.15, 0.2) is 48.5 Å². The van der Waals surface area contributed by atoms with Gasteiger partial charge < -0.3 is 19.9 Å². The Labute approximate surface area is 118 Å². The molecule has 1 saturated heterocycles. The molecule has 1 heterocycles. The molecule has 2 aromatic rings. The minimum atomic E-state index is 0.459. The Kier molecular flexibility index (Phi) is 3.74. The van der Waals surface area contributed by atoms with Gasteiger partial charge in [-0.1, -0.05) is 18.2 Å². The molecule has 0 radical (unpaired) electrons. The Morgan fingerprint density at radius 3 is 2.55 bits per heavy atom. The van der Waals surface area contributed by atoms with Gasteiger partial charge in [-0.15, -0.1) is 0 Å². The average Bonchev–Trinajstić information content (AvgIpc) is 2.41. The molecule has 0 unspecified atom stereocenters. The van der Waals surface area contributed by atoms with Gasteiger partial charge in [0.1, 0.15) is 5.75 Å².